The zero-order valence-electron chi connectivity index (χ0n) is 7.83. The fourth-order valence-electron chi connectivity index (χ4n) is 0.668. The Labute approximate surface area is 72.7 Å². The number of hydrogen-bond acceptors (Lipinski definition) is 3. The molecule has 0 aliphatic rings. The van der Waals surface area contributed by atoms with Crippen LogP contribution < -0.4 is 5.73 Å². The summed E-state index contributed by atoms with van der Waals surface area (Å²) in [5, 5.41) is 8.63. The van der Waals surface area contributed by atoms with Crippen LogP contribution in [0.2, 0.25) is 0 Å². The molecular weight excluding hydrogens is 158 g/mol. The maximum Gasteiger partial charge on any atom is 0.334 e. The summed E-state index contributed by atoms with van der Waals surface area (Å²) in [5.41, 5.74) is 4.82. The molecule has 0 heterocycles. The van der Waals surface area contributed by atoms with Crippen LogP contribution in [0.25, 0.3) is 0 Å². The molecule has 0 radical (unpaired) electrons. The maximum atomic E-state index is 10.5. The van der Waals surface area contributed by atoms with Gasteiger partial charge in [-0.15, -0.1) is 0 Å². The van der Waals surface area contributed by atoms with Crippen LogP contribution in [0.5, 0.6) is 0 Å². The number of carbonyl (C=O) groups is 1. The standard InChI is InChI=1S/C8H17NO3/c1-4-8(2,3)12-6(5-9)7(10)11/h6H,4-5,9H2,1-3H3,(H,10,11). The first-order valence-corrected chi connectivity index (χ1v) is 4.03. The van der Waals surface area contributed by atoms with Gasteiger partial charge in [-0.2, -0.15) is 0 Å². The van der Waals surface area contributed by atoms with E-state index in [0.717, 1.165) is 6.42 Å². The highest BCUT2D eigenvalue weighted by Gasteiger charge is 2.25. The van der Waals surface area contributed by atoms with Crippen LogP contribution in [-0.2, 0) is 9.53 Å². The number of rotatable bonds is 5. The van der Waals surface area contributed by atoms with Gasteiger partial charge in [0, 0.05) is 6.54 Å². The molecule has 0 rings (SSSR count). The molecule has 4 heteroatoms. The van der Waals surface area contributed by atoms with E-state index in [4.69, 9.17) is 15.6 Å². The van der Waals surface area contributed by atoms with E-state index in [0.29, 0.717) is 0 Å². The quantitative estimate of drug-likeness (QED) is 0.642. The fraction of sp³-hybridized carbons (Fsp3) is 0.875. The first kappa shape index (κ1) is 11.4. The Hall–Kier alpha value is -0.610. The molecule has 0 saturated heterocycles. The Morgan fingerprint density at radius 1 is 1.67 bits per heavy atom. The van der Waals surface area contributed by atoms with Gasteiger partial charge in [0.15, 0.2) is 6.10 Å². The zero-order chi connectivity index (χ0) is 9.78. The van der Waals surface area contributed by atoms with Gasteiger partial charge in [-0.1, -0.05) is 6.92 Å². The van der Waals surface area contributed by atoms with Gasteiger partial charge in [0.1, 0.15) is 0 Å². The number of carboxylic acid groups (broad SMARTS) is 1. The molecule has 0 aromatic heterocycles. The lowest BCUT2D eigenvalue weighted by Crippen LogP contribution is -2.39. The van der Waals surface area contributed by atoms with Crippen LogP contribution in [0.4, 0.5) is 0 Å². The van der Waals surface area contributed by atoms with Crippen LogP contribution in [0.3, 0.4) is 0 Å². The first-order chi connectivity index (χ1) is 5.43. The summed E-state index contributed by atoms with van der Waals surface area (Å²) < 4.78 is 5.27. The normalized spacial score (nSPS) is 14.3. The molecular formula is C8H17NO3. The van der Waals surface area contributed by atoms with E-state index in [2.05, 4.69) is 0 Å². The van der Waals surface area contributed by atoms with Crippen molar-refractivity contribution in [3.05, 3.63) is 0 Å². The molecule has 0 spiro atoms. The Morgan fingerprint density at radius 3 is 2.42 bits per heavy atom. The van der Waals surface area contributed by atoms with Gasteiger partial charge in [-0.05, 0) is 20.3 Å². The number of aliphatic carboxylic acids is 1. The second kappa shape index (κ2) is 4.42. The number of hydrogen-bond donors (Lipinski definition) is 2. The third kappa shape index (κ3) is 3.69. The smallest absolute Gasteiger partial charge is 0.334 e. The van der Waals surface area contributed by atoms with Crippen LogP contribution in [0, 0.1) is 0 Å². The summed E-state index contributed by atoms with van der Waals surface area (Å²) in [6.07, 6.45) is -0.128. The van der Waals surface area contributed by atoms with Crippen molar-refractivity contribution >= 4 is 5.97 Å². The molecule has 0 aromatic carbocycles. The van der Waals surface area contributed by atoms with Crippen LogP contribution >= 0.6 is 0 Å². The Balaban J connectivity index is 4.11. The summed E-state index contributed by atoms with van der Waals surface area (Å²) in [5.74, 6) is -1.00. The van der Waals surface area contributed by atoms with Crippen molar-refractivity contribution in [2.45, 2.75) is 38.9 Å². The number of ether oxygens (including phenoxy) is 1. The molecule has 1 unspecified atom stereocenters. The van der Waals surface area contributed by atoms with E-state index in [1.54, 1.807) is 0 Å². The Kier molecular flexibility index (Phi) is 4.20. The molecule has 3 N–H and O–H groups in total. The lowest BCUT2D eigenvalue weighted by Gasteiger charge is -2.26. The van der Waals surface area contributed by atoms with Gasteiger partial charge >= 0.3 is 5.97 Å². The third-order valence-corrected chi connectivity index (χ3v) is 1.80. The van der Waals surface area contributed by atoms with Crippen molar-refractivity contribution in [1.29, 1.82) is 0 Å². The molecule has 0 amide bonds. The van der Waals surface area contributed by atoms with Crippen molar-refractivity contribution in [1.82, 2.24) is 0 Å². The molecule has 72 valence electrons. The molecule has 0 aliphatic carbocycles. The molecule has 4 nitrogen and oxygen atoms in total. The van der Waals surface area contributed by atoms with Gasteiger partial charge in [0.2, 0.25) is 0 Å². The number of carboxylic acids is 1. The second-order valence-corrected chi connectivity index (χ2v) is 3.29. The van der Waals surface area contributed by atoms with E-state index in [-0.39, 0.29) is 6.54 Å². The van der Waals surface area contributed by atoms with Crippen LogP contribution in [-0.4, -0.2) is 29.3 Å². The summed E-state index contributed by atoms with van der Waals surface area (Å²) in [4.78, 5) is 10.5. The summed E-state index contributed by atoms with van der Waals surface area (Å²) in [6.45, 7) is 5.64. The van der Waals surface area contributed by atoms with Crippen molar-refractivity contribution in [2.75, 3.05) is 6.54 Å². The predicted octanol–water partition coefficient (Wildman–Crippen LogP) is 0.603. The van der Waals surface area contributed by atoms with Crippen molar-refractivity contribution < 1.29 is 14.6 Å². The van der Waals surface area contributed by atoms with Gasteiger partial charge in [-0.25, -0.2) is 4.79 Å². The fourth-order valence-corrected chi connectivity index (χ4v) is 0.668. The summed E-state index contributed by atoms with van der Waals surface area (Å²) >= 11 is 0. The van der Waals surface area contributed by atoms with Crippen molar-refractivity contribution in [3.8, 4) is 0 Å². The monoisotopic (exact) mass is 175 g/mol. The highest BCUT2D eigenvalue weighted by molar-refractivity contribution is 5.72. The molecule has 0 bridgehead atoms. The van der Waals surface area contributed by atoms with Gasteiger partial charge < -0.3 is 15.6 Å². The van der Waals surface area contributed by atoms with Crippen LogP contribution in [0.1, 0.15) is 27.2 Å². The highest BCUT2D eigenvalue weighted by Crippen LogP contribution is 2.15. The zero-order valence-corrected chi connectivity index (χ0v) is 7.83. The average Bonchev–Trinajstić information content (AvgIpc) is 2.00. The summed E-state index contributed by atoms with van der Waals surface area (Å²) in [7, 11) is 0. The van der Waals surface area contributed by atoms with Gasteiger partial charge in [0.05, 0.1) is 5.60 Å². The second-order valence-electron chi connectivity index (χ2n) is 3.29. The van der Waals surface area contributed by atoms with E-state index in [9.17, 15) is 4.79 Å². The molecule has 0 saturated carbocycles. The minimum absolute atomic E-state index is 0.0127. The Morgan fingerprint density at radius 2 is 2.17 bits per heavy atom. The van der Waals surface area contributed by atoms with Crippen molar-refractivity contribution in [3.63, 3.8) is 0 Å². The predicted molar refractivity (Wildman–Crippen MR) is 45.9 cm³/mol. The van der Waals surface area contributed by atoms with E-state index < -0.39 is 17.7 Å². The third-order valence-electron chi connectivity index (χ3n) is 1.80. The van der Waals surface area contributed by atoms with Crippen LogP contribution in [0.15, 0.2) is 0 Å². The van der Waals surface area contributed by atoms with E-state index >= 15 is 0 Å². The highest BCUT2D eigenvalue weighted by atomic mass is 16.5. The van der Waals surface area contributed by atoms with Crippen molar-refractivity contribution in [2.24, 2.45) is 5.73 Å². The lowest BCUT2D eigenvalue weighted by atomic mass is 10.1. The van der Waals surface area contributed by atoms with E-state index in [1.165, 1.54) is 0 Å². The van der Waals surface area contributed by atoms with Gasteiger partial charge in [0.25, 0.3) is 0 Å². The lowest BCUT2D eigenvalue weighted by molar-refractivity contribution is -0.160. The minimum Gasteiger partial charge on any atom is -0.479 e. The first-order valence-electron chi connectivity index (χ1n) is 4.03. The topological polar surface area (TPSA) is 72.5 Å². The largest absolute Gasteiger partial charge is 0.479 e. The SMILES string of the molecule is CCC(C)(C)OC(CN)C(=O)O. The van der Waals surface area contributed by atoms with E-state index in [1.807, 2.05) is 20.8 Å². The number of nitrogens with two attached hydrogens (primary N) is 1. The molecule has 1 atom stereocenters. The van der Waals surface area contributed by atoms with Gasteiger partial charge in [-0.3, -0.25) is 0 Å². The minimum atomic E-state index is -1.00. The molecule has 0 aromatic rings. The Bertz CT molecular complexity index is 156. The summed E-state index contributed by atoms with van der Waals surface area (Å²) in [6, 6.07) is 0. The maximum absolute atomic E-state index is 10.5. The molecule has 0 aliphatic heterocycles. The average molecular weight is 175 g/mol. The molecule has 0 fully saturated rings. The molecule has 12 heavy (non-hydrogen) atoms.